The molecule has 0 atom stereocenters. The third-order valence-corrected chi connectivity index (χ3v) is 4.66. The molecule has 1 aliphatic carbocycles. The lowest BCUT2D eigenvalue weighted by atomic mass is 9.86. The Kier molecular flexibility index (Phi) is 3.85. The Morgan fingerprint density at radius 1 is 1.00 bits per heavy atom. The first-order chi connectivity index (χ1) is 10.1. The summed E-state index contributed by atoms with van der Waals surface area (Å²) >= 11 is 5.86. The van der Waals surface area contributed by atoms with Crippen LogP contribution < -0.4 is 16.2 Å². The molecule has 0 amide bonds. The van der Waals surface area contributed by atoms with Crippen LogP contribution in [0.25, 0.3) is 11.1 Å². The lowest BCUT2D eigenvalue weighted by Gasteiger charge is -2.28. The van der Waals surface area contributed by atoms with Gasteiger partial charge in [0.1, 0.15) is 0 Å². The average Bonchev–Trinajstić information content (AvgIpc) is 2.50. The van der Waals surface area contributed by atoms with Crippen LogP contribution >= 0.6 is 11.6 Å². The number of benzene rings is 1. The van der Waals surface area contributed by atoms with Crippen LogP contribution in [0.15, 0.2) is 33.9 Å². The van der Waals surface area contributed by atoms with E-state index >= 15 is 0 Å². The molecule has 1 aliphatic rings. The molecule has 1 saturated carbocycles. The highest BCUT2D eigenvalue weighted by Gasteiger charge is 2.26. The normalized spacial score (nSPS) is 22.4. The second-order valence-corrected chi connectivity index (χ2v) is 6.45. The minimum Gasteiger partial charge on any atom is -0.378 e. The Balaban J connectivity index is 1.84. The van der Waals surface area contributed by atoms with Gasteiger partial charge in [-0.1, -0.05) is 30.7 Å². The third-order valence-electron chi connectivity index (χ3n) is 4.41. The molecule has 0 spiro atoms. The summed E-state index contributed by atoms with van der Waals surface area (Å²) in [5.41, 5.74) is 0.968. The molecule has 3 nitrogen and oxygen atoms in total. The molecule has 110 valence electrons. The number of anilines is 1. The second kappa shape index (κ2) is 5.64. The van der Waals surface area contributed by atoms with Crippen molar-refractivity contribution in [3.63, 3.8) is 0 Å². The number of rotatable bonds is 3. The van der Waals surface area contributed by atoms with Crippen LogP contribution in [-0.2, 0) is 0 Å². The van der Waals surface area contributed by atoms with Gasteiger partial charge in [0.2, 0.25) is 10.9 Å². The molecule has 0 unspecified atom stereocenters. The van der Waals surface area contributed by atoms with E-state index in [1.807, 2.05) is 0 Å². The molecule has 1 fully saturated rings. The third kappa shape index (κ3) is 2.75. The van der Waals surface area contributed by atoms with E-state index in [4.69, 9.17) is 11.6 Å². The molecule has 21 heavy (non-hydrogen) atoms. The Labute approximate surface area is 128 Å². The molecule has 2 aromatic rings. The number of nitrogens with one attached hydrogen (secondary N) is 1. The first-order valence-electron chi connectivity index (χ1n) is 7.42. The molecule has 3 rings (SSSR count). The number of hydrogen-bond donors (Lipinski definition) is 1. The van der Waals surface area contributed by atoms with Crippen molar-refractivity contribution in [2.45, 2.75) is 38.6 Å². The second-order valence-electron chi connectivity index (χ2n) is 6.02. The van der Waals surface area contributed by atoms with E-state index in [1.165, 1.54) is 12.8 Å². The van der Waals surface area contributed by atoms with Crippen molar-refractivity contribution in [2.24, 2.45) is 5.92 Å². The van der Waals surface area contributed by atoms with Crippen LogP contribution in [-0.4, -0.2) is 6.04 Å². The van der Waals surface area contributed by atoms with Gasteiger partial charge in [0.15, 0.2) is 0 Å². The summed E-state index contributed by atoms with van der Waals surface area (Å²) in [5.74, 6) is 0.756. The van der Waals surface area contributed by atoms with Crippen LogP contribution in [0.5, 0.6) is 0 Å². The van der Waals surface area contributed by atoms with E-state index in [1.54, 1.807) is 24.3 Å². The van der Waals surface area contributed by atoms with Gasteiger partial charge >= 0.3 is 0 Å². The first-order valence-corrected chi connectivity index (χ1v) is 7.80. The zero-order chi connectivity index (χ0) is 15.0. The zero-order valence-electron chi connectivity index (χ0n) is 12.0. The quantitative estimate of drug-likeness (QED) is 0.881. The summed E-state index contributed by atoms with van der Waals surface area (Å²) in [6.07, 6.45) is 4.45. The van der Waals surface area contributed by atoms with E-state index in [0.717, 1.165) is 24.3 Å². The molecule has 1 N–H and O–H groups in total. The molecule has 0 aliphatic heterocycles. The van der Waals surface area contributed by atoms with Crippen molar-refractivity contribution in [3.05, 3.63) is 49.7 Å². The van der Waals surface area contributed by atoms with Gasteiger partial charge in [-0.2, -0.15) is 0 Å². The molecule has 0 aromatic heterocycles. The largest absolute Gasteiger partial charge is 0.378 e. The summed E-state index contributed by atoms with van der Waals surface area (Å²) < 4.78 is 0. The predicted octanol–water partition coefficient (Wildman–Crippen LogP) is 3.59. The first kappa shape index (κ1) is 14.3. The lowest BCUT2D eigenvalue weighted by molar-refractivity contribution is 0.361. The van der Waals surface area contributed by atoms with E-state index in [9.17, 15) is 9.59 Å². The number of halogens is 1. The van der Waals surface area contributed by atoms with Crippen molar-refractivity contribution in [2.75, 3.05) is 5.32 Å². The predicted molar refractivity (Wildman–Crippen MR) is 86.8 cm³/mol. The molecular weight excluding hydrogens is 286 g/mol. The van der Waals surface area contributed by atoms with Crippen LogP contribution in [0.2, 0.25) is 5.02 Å². The maximum Gasteiger partial charge on any atom is 0.250 e. The fraction of sp³-hybridized carbons (Fsp3) is 0.412. The highest BCUT2D eigenvalue weighted by molar-refractivity contribution is 6.30. The fourth-order valence-electron chi connectivity index (χ4n) is 3.03. The maximum absolute atomic E-state index is 11.9. The molecule has 4 heteroatoms. The van der Waals surface area contributed by atoms with Gasteiger partial charge < -0.3 is 5.32 Å². The minimum absolute atomic E-state index is 0.301. The summed E-state index contributed by atoms with van der Waals surface area (Å²) in [6, 6.07) is 7.34. The summed E-state index contributed by atoms with van der Waals surface area (Å²) in [5, 5.41) is 3.91. The maximum atomic E-state index is 11.9. The van der Waals surface area contributed by atoms with Gasteiger partial charge in [-0.15, -0.1) is 0 Å². The topological polar surface area (TPSA) is 46.2 Å². The fourth-order valence-corrected chi connectivity index (χ4v) is 3.16. The van der Waals surface area contributed by atoms with Crippen molar-refractivity contribution in [3.8, 4) is 11.1 Å². The summed E-state index contributed by atoms with van der Waals surface area (Å²) in [6.45, 7) is 2.26. The highest BCUT2D eigenvalue weighted by Crippen LogP contribution is 2.29. The highest BCUT2D eigenvalue weighted by atomic mass is 35.5. The Bertz CT molecular complexity index is 705. The van der Waals surface area contributed by atoms with E-state index in [0.29, 0.717) is 22.3 Å². The zero-order valence-corrected chi connectivity index (χ0v) is 12.7. The van der Waals surface area contributed by atoms with Crippen molar-refractivity contribution in [1.82, 2.24) is 0 Å². The van der Waals surface area contributed by atoms with Crippen LogP contribution in [0.3, 0.4) is 0 Å². The van der Waals surface area contributed by atoms with Crippen molar-refractivity contribution in [1.29, 1.82) is 0 Å². The van der Waals surface area contributed by atoms with Crippen molar-refractivity contribution < 1.29 is 0 Å². The van der Waals surface area contributed by atoms with Gasteiger partial charge in [0, 0.05) is 11.1 Å². The van der Waals surface area contributed by atoms with Crippen LogP contribution in [0.4, 0.5) is 5.69 Å². The van der Waals surface area contributed by atoms with Gasteiger partial charge in [0.05, 0.1) is 11.3 Å². The molecule has 0 bridgehead atoms. The number of hydrogen-bond acceptors (Lipinski definition) is 3. The van der Waals surface area contributed by atoms with Crippen LogP contribution in [0, 0.1) is 5.92 Å². The Morgan fingerprint density at radius 3 is 2.24 bits per heavy atom. The van der Waals surface area contributed by atoms with E-state index in [-0.39, 0.29) is 0 Å². The van der Waals surface area contributed by atoms with Gasteiger partial charge in [-0.3, -0.25) is 9.59 Å². The van der Waals surface area contributed by atoms with Gasteiger partial charge in [0.25, 0.3) is 0 Å². The van der Waals surface area contributed by atoms with Gasteiger partial charge in [-0.25, -0.2) is 0 Å². The molecule has 2 aromatic carbocycles. The Morgan fingerprint density at radius 2 is 1.62 bits per heavy atom. The SMILES string of the molecule is CC1CCC(Nc2c(-c3ccc(Cl)cc3)c(=O)c2=O)CC1. The average molecular weight is 304 g/mol. The van der Waals surface area contributed by atoms with Crippen LogP contribution in [0.1, 0.15) is 32.6 Å². The van der Waals surface area contributed by atoms with Gasteiger partial charge in [-0.05, 0) is 49.3 Å². The smallest absolute Gasteiger partial charge is 0.250 e. The monoisotopic (exact) mass is 303 g/mol. The van der Waals surface area contributed by atoms with E-state index in [2.05, 4.69) is 12.2 Å². The molecule has 0 heterocycles. The molecular formula is C17H18ClNO2. The summed E-state index contributed by atoms with van der Waals surface area (Å²) in [4.78, 5) is 23.7. The minimum atomic E-state index is -0.399. The Hall–Kier alpha value is -1.61. The standard InChI is InChI=1S/C17H18ClNO2/c1-10-2-8-13(9-3-10)19-15-14(16(20)17(15)21)11-4-6-12(18)7-5-11/h4-7,10,13,19H,2-3,8-9H2,1H3. The molecule has 0 saturated heterocycles. The van der Waals surface area contributed by atoms with Crippen molar-refractivity contribution >= 4 is 17.3 Å². The summed E-state index contributed by atoms with van der Waals surface area (Å²) in [7, 11) is 0. The van der Waals surface area contributed by atoms with E-state index < -0.39 is 10.9 Å². The lowest BCUT2D eigenvalue weighted by Crippen LogP contribution is -2.39. The molecule has 0 radical (unpaired) electrons.